The predicted octanol–water partition coefficient (Wildman–Crippen LogP) is 4.49. The fourth-order valence-electron chi connectivity index (χ4n) is 3.54. The number of amides is 1. The second-order valence-corrected chi connectivity index (χ2v) is 7.93. The molecule has 29 heavy (non-hydrogen) atoms. The van der Waals surface area contributed by atoms with Gasteiger partial charge in [0, 0.05) is 22.7 Å². The maximum absolute atomic E-state index is 13.3. The van der Waals surface area contributed by atoms with E-state index in [1.165, 1.54) is 22.2 Å². The van der Waals surface area contributed by atoms with Gasteiger partial charge in [-0.05, 0) is 31.5 Å². The second kappa shape index (κ2) is 8.01. The molecule has 0 unspecified atom stereocenters. The summed E-state index contributed by atoms with van der Waals surface area (Å²) in [5.74, 6) is -0.143. The molecule has 2 aromatic heterocycles. The zero-order valence-electron chi connectivity index (χ0n) is 16.3. The topological polar surface area (TPSA) is 55.2 Å². The number of fused-ring (bicyclic) bond motifs is 1. The van der Waals surface area contributed by atoms with Gasteiger partial charge in [0.1, 0.15) is 11.4 Å². The van der Waals surface area contributed by atoms with E-state index in [4.69, 9.17) is 0 Å². The van der Waals surface area contributed by atoms with Gasteiger partial charge < -0.3 is 4.90 Å². The standard InChI is InChI=1S/C23H21N3O2S/c1-3-26(18-12-8-5-9-13-18)19(27)14-25-15-24-22-21(23(25)28)20(16(2)29-22)17-10-6-4-7-11-17/h4-13,15H,3,14H2,1-2H3. The molecule has 2 aromatic carbocycles. The molecule has 0 aliphatic carbocycles. The van der Waals surface area contributed by atoms with Gasteiger partial charge in [0.25, 0.3) is 5.56 Å². The SMILES string of the molecule is CCN(C(=O)Cn1cnc2sc(C)c(-c3ccccc3)c2c1=O)c1ccccc1. The quantitative estimate of drug-likeness (QED) is 0.493. The van der Waals surface area contributed by atoms with E-state index in [0.717, 1.165) is 21.7 Å². The van der Waals surface area contributed by atoms with Crippen molar-refractivity contribution < 1.29 is 4.79 Å². The number of likely N-dealkylation sites (N-methyl/N-ethyl adjacent to an activating group) is 1. The Morgan fingerprint density at radius 1 is 1.07 bits per heavy atom. The smallest absolute Gasteiger partial charge is 0.263 e. The molecule has 5 nitrogen and oxygen atoms in total. The molecule has 0 atom stereocenters. The van der Waals surface area contributed by atoms with Gasteiger partial charge in [-0.2, -0.15) is 0 Å². The van der Waals surface area contributed by atoms with Crippen LogP contribution in [0.15, 0.2) is 71.8 Å². The second-order valence-electron chi connectivity index (χ2n) is 6.73. The number of hydrogen-bond acceptors (Lipinski definition) is 4. The Balaban J connectivity index is 1.75. The average molecular weight is 404 g/mol. The number of hydrogen-bond donors (Lipinski definition) is 0. The molecule has 0 saturated heterocycles. The molecule has 2 heterocycles. The fraction of sp³-hybridized carbons (Fsp3) is 0.174. The van der Waals surface area contributed by atoms with Crippen molar-refractivity contribution in [1.29, 1.82) is 0 Å². The van der Waals surface area contributed by atoms with Crippen LogP contribution in [0.4, 0.5) is 5.69 Å². The van der Waals surface area contributed by atoms with Gasteiger partial charge in [-0.15, -0.1) is 11.3 Å². The van der Waals surface area contributed by atoms with Crippen LogP contribution < -0.4 is 10.5 Å². The number of anilines is 1. The Hall–Kier alpha value is -3.25. The van der Waals surface area contributed by atoms with Crippen LogP contribution >= 0.6 is 11.3 Å². The molecule has 0 aliphatic heterocycles. The third-order valence-corrected chi connectivity index (χ3v) is 5.92. The minimum Gasteiger partial charge on any atom is -0.311 e. The molecule has 4 aromatic rings. The summed E-state index contributed by atoms with van der Waals surface area (Å²) in [6, 6.07) is 19.3. The summed E-state index contributed by atoms with van der Waals surface area (Å²) in [5, 5.41) is 0.580. The summed E-state index contributed by atoms with van der Waals surface area (Å²) >= 11 is 1.50. The number of aryl methyl sites for hydroxylation is 1. The van der Waals surface area contributed by atoms with Crippen molar-refractivity contribution in [2.45, 2.75) is 20.4 Å². The van der Waals surface area contributed by atoms with E-state index in [9.17, 15) is 9.59 Å². The molecule has 0 aliphatic rings. The summed E-state index contributed by atoms with van der Waals surface area (Å²) in [7, 11) is 0. The lowest BCUT2D eigenvalue weighted by Gasteiger charge is -2.21. The number of carbonyl (C=O) groups is 1. The molecular formula is C23H21N3O2S. The van der Waals surface area contributed by atoms with Crippen LogP contribution in [0.3, 0.4) is 0 Å². The first-order chi connectivity index (χ1) is 14.1. The fourth-order valence-corrected chi connectivity index (χ4v) is 4.55. The maximum Gasteiger partial charge on any atom is 0.263 e. The molecule has 6 heteroatoms. The molecule has 0 N–H and O–H groups in total. The highest BCUT2D eigenvalue weighted by molar-refractivity contribution is 7.19. The first-order valence-corrected chi connectivity index (χ1v) is 10.3. The van der Waals surface area contributed by atoms with Crippen LogP contribution in [-0.2, 0) is 11.3 Å². The molecule has 0 fully saturated rings. The molecule has 0 spiro atoms. The number of para-hydroxylation sites is 1. The Bertz CT molecular complexity index is 1210. The number of benzene rings is 2. The van der Waals surface area contributed by atoms with Crippen LogP contribution in [0.25, 0.3) is 21.3 Å². The highest BCUT2D eigenvalue weighted by Crippen LogP contribution is 2.35. The van der Waals surface area contributed by atoms with Crippen molar-refractivity contribution in [3.05, 3.63) is 82.2 Å². The van der Waals surface area contributed by atoms with Gasteiger partial charge in [0.05, 0.1) is 11.7 Å². The number of rotatable bonds is 5. The Morgan fingerprint density at radius 3 is 2.38 bits per heavy atom. The van der Waals surface area contributed by atoms with Crippen LogP contribution in [0.5, 0.6) is 0 Å². The molecule has 0 radical (unpaired) electrons. The number of carbonyl (C=O) groups excluding carboxylic acids is 1. The Morgan fingerprint density at radius 2 is 1.72 bits per heavy atom. The van der Waals surface area contributed by atoms with Crippen molar-refractivity contribution in [2.24, 2.45) is 0 Å². The Kier molecular flexibility index (Phi) is 5.27. The molecule has 0 saturated carbocycles. The normalized spacial score (nSPS) is 11.0. The van der Waals surface area contributed by atoms with E-state index in [2.05, 4.69) is 4.98 Å². The Labute approximate surface area is 172 Å². The van der Waals surface area contributed by atoms with E-state index in [1.807, 2.05) is 74.5 Å². The summed E-state index contributed by atoms with van der Waals surface area (Å²) < 4.78 is 1.41. The zero-order valence-corrected chi connectivity index (χ0v) is 17.1. The van der Waals surface area contributed by atoms with Gasteiger partial charge in [0.15, 0.2) is 0 Å². The lowest BCUT2D eigenvalue weighted by Crippen LogP contribution is -2.36. The summed E-state index contributed by atoms with van der Waals surface area (Å²) in [6.45, 7) is 4.40. The predicted molar refractivity (Wildman–Crippen MR) is 119 cm³/mol. The molecular weight excluding hydrogens is 382 g/mol. The lowest BCUT2D eigenvalue weighted by molar-refractivity contribution is -0.119. The summed E-state index contributed by atoms with van der Waals surface area (Å²) in [4.78, 5) is 34.1. The highest BCUT2D eigenvalue weighted by Gasteiger charge is 2.19. The van der Waals surface area contributed by atoms with Crippen molar-refractivity contribution in [1.82, 2.24) is 9.55 Å². The first kappa shape index (κ1) is 19.1. The number of thiophene rings is 1. The van der Waals surface area contributed by atoms with Gasteiger partial charge in [-0.3, -0.25) is 14.2 Å². The van der Waals surface area contributed by atoms with E-state index in [0.29, 0.717) is 16.8 Å². The lowest BCUT2D eigenvalue weighted by atomic mass is 10.0. The van der Waals surface area contributed by atoms with Crippen molar-refractivity contribution in [3.63, 3.8) is 0 Å². The van der Waals surface area contributed by atoms with Crippen LogP contribution in [0.2, 0.25) is 0 Å². The third-order valence-electron chi connectivity index (χ3n) is 4.91. The van der Waals surface area contributed by atoms with Gasteiger partial charge in [-0.1, -0.05) is 48.5 Å². The van der Waals surface area contributed by atoms with Crippen LogP contribution in [-0.4, -0.2) is 22.0 Å². The van der Waals surface area contributed by atoms with E-state index < -0.39 is 0 Å². The molecule has 4 rings (SSSR count). The zero-order chi connectivity index (χ0) is 20.4. The van der Waals surface area contributed by atoms with Crippen LogP contribution in [0.1, 0.15) is 11.8 Å². The highest BCUT2D eigenvalue weighted by atomic mass is 32.1. The average Bonchev–Trinajstić information content (AvgIpc) is 3.09. The van der Waals surface area contributed by atoms with E-state index >= 15 is 0 Å². The van der Waals surface area contributed by atoms with Crippen LogP contribution in [0, 0.1) is 6.92 Å². The molecule has 146 valence electrons. The minimum atomic E-state index is -0.185. The third kappa shape index (κ3) is 3.59. The van der Waals surface area contributed by atoms with Gasteiger partial charge >= 0.3 is 0 Å². The number of nitrogens with zero attached hydrogens (tertiary/aromatic N) is 3. The minimum absolute atomic E-state index is 0.0480. The summed E-state index contributed by atoms with van der Waals surface area (Å²) in [5.41, 5.74) is 2.52. The molecule has 0 bridgehead atoms. The largest absolute Gasteiger partial charge is 0.311 e. The van der Waals surface area contributed by atoms with Crippen molar-refractivity contribution in [3.8, 4) is 11.1 Å². The van der Waals surface area contributed by atoms with Crippen molar-refractivity contribution in [2.75, 3.05) is 11.4 Å². The van der Waals surface area contributed by atoms with Gasteiger partial charge in [0.2, 0.25) is 5.91 Å². The van der Waals surface area contributed by atoms with Gasteiger partial charge in [-0.25, -0.2) is 4.98 Å². The van der Waals surface area contributed by atoms with E-state index in [-0.39, 0.29) is 18.0 Å². The summed E-state index contributed by atoms with van der Waals surface area (Å²) in [6.07, 6.45) is 1.48. The first-order valence-electron chi connectivity index (χ1n) is 9.49. The van der Waals surface area contributed by atoms with Crippen molar-refractivity contribution >= 4 is 33.1 Å². The van der Waals surface area contributed by atoms with E-state index in [1.54, 1.807) is 4.90 Å². The molecule has 1 amide bonds. The maximum atomic E-state index is 13.3. The number of aromatic nitrogens is 2. The monoisotopic (exact) mass is 403 g/mol.